The SMILES string of the molecule is CCC(CC#N)NC1CCC(C)c2ccccc21. The number of nitrogens with zero attached hydrogens (tertiary/aromatic N) is 1. The van der Waals surface area contributed by atoms with E-state index in [4.69, 9.17) is 5.26 Å². The predicted octanol–water partition coefficient (Wildman–Crippen LogP) is 3.91. The van der Waals surface area contributed by atoms with Crippen LogP contribution in [0.25, 0.3) is 0 Å². The number of hydrogen-bond acceptors (Lipinski definition) is 2. The van der Waals surface area contributed by atoms with Gasteiger partial charge in [0.15, 0.2) is 0 Å². The van der Waals surface area contributed by atoms with E-state index in [1.165, 1.54) is 24.0 Å². The monoisotopic (exact) mass is 242 g/mol. The highest BCUT2D eigenvalue weighted by molar-refractivity contribution is 5.35. The van der Waals surface area contributed by atoms with Crippen molar-refractivity contribution in [2.45, 2.75) is 57.5 Å². The van der Waals surface area contributed by atoms with E-state index in [-0.39, 0.29) is 0 Å². The van der Waals surface area contributed by atoms with E-state index >= 15 is 0 Å². The first-order valence-electron chi connectivity index (χ1n) is 6.98. The van der Waals surface area contributed by atoms with E-state index < -0.39 is 0 Å². The summed E-state index contributed by atoms with van der Waals surface area (Å²) < 4.78 is 0. The number of rotatable bonds is 4. The Morgan fingerprint density at radius 1 is 1.33 bits per heavy atom. The first kappa shape index (κ1) is 13.1. The van der Waals surface area contributed by atoms with E-state index in [0.717, 1.165) is 6.42 Å². The van der Waals surface area contributed by atoms with Gasteiger partial charge in [-0.1, -0.05) is 38.1 Å². The molecule has 0 saturated heterocycles. The zero-order valence-corrected chi connectivity index (χ0v) is 11.3. The minimum absolute atomic E-state index is 0.321. The van der Waals surface area contributed by atoms with Crippen LogP contribution in [-0.2, 0) is 0 Å². The summed E-state index contributed by atoms with van der Waals surface area (Å²) in [5.41, 5.74) is 2.92. The second-order valence-electron chi connectivity index (χ2n) is 5.29. The van der Waals surface area contributed by atoms with Crippen LogP contribution in [0.5, 0.6) is 0 Å². The Labute approximate surface area is 110 Å². The zero-order valence-electron chi connectivity index (χ0n) is 11.3. The van der Waals surface area contributed by atoms with Crippen molar-refractivity contribution >= 4 is 0 Å². The van der Waals surface area contributed by atoms with Crippen molar-refractivity contribution in [3.63, 3.8) is 0 Å². The fourth-order valence-electron chi connectivity index (χ4n) is 2.89. The van der Waals surface area contributed by atoms with Crippen LogP contribution in [0.4, 0.5) is 0 Å². The van der Waals surface area contributed by atoms with Crippen LogP contribution < -0.4 is 5.32 Å². The van der Waals surface area contributed by atoms with Gasteiger partial charge in [-0.05, 0) is 36.3 Å². The average molecular weight is 242 g/mol. The fraction of sp³-hybridized carbons (Fsp3) is 0.562. The number of benzene rings is 1. The summed E-state index contributed by atoms with van der Waals surface area (Å²) in [6, 6.07) is 11.8. The molecule has 2 nitrogen and oxygen atoms in total. The lowest BCUT2D eigenvalue weighted by molar-refractivity contribution is 0.375. The molecule has 1 aromatic carbocycles. The van der Waals surface area contributed by atoms with Crippen molar-refractivity contribution in [1.29, 1.82) is 5.26 Å². The molecule has 2 heteroatoms. The average Bonchev–Trinajstić information content (AvgIpc) is 2.41. The molecule has 0 heterocycles. The standard InChI is InChI=1S/C16H22N2/c1-3-13(10-11-17)18-16-9-8-12(2)14-6-4-5-7-15(14)16/h4-7,12-13,16,18H,3,8-10H2,1-2H3. The maximum atomic E-state index is 8.84. The summed E-state index contributed by atoms with van der Waals surface area (Å²) in [4.78, 5) is 0. The number of hydrogen-bond donors (Lipinski definition) is 1. The van der Waals surface area contributed by atoms with Crippen molar-refractivity contribution in [3.05, 3.63) is 35.4 Å². The first-order valence-corrected chi connectivity index (χ1v) is 6.98. The Morgan fingerprint density at radius 3 is 2.72 bits per heavy atom. The first-order chi connectivity index (χ1) is 8.76. The molecule has 0 radical (unpaired) electrons. The van der Waals surface area contributed by atoms with Crippen LogP contribution in [0.15, 0.2) is 24.3 Å². The van der Waals surface area contributed by atoms with Gasteiger partial charge in [0.05, 0.1) is 12.5 Å². The Hall–Kier alpha value is -1.33. The molecule has 0 aromatic heterocycles. The summed E-state index contributed by atoms with van der Waals surface area (Å²) in [5, 5.41) is 12.5. The number of nitrogens with one attached hydrogen (secondary N) is 1. The molecule has 0 aliphatic heterocycles. The van der Waals surface area contributed by atoms with Gasteiger partial charge in [-0.3, -0.25) is 0 Å². The summed E-state index contributed by atoms with van der Waals surface area (Å²) >= 11 is 0. The van der Waals surface area contributed by atoms with Crippen molar-refractivity contribution in [2.24, 2.45) is 0 Å². The summed E-state index contributed by atoms with van der Waals surface area (Å²) in [6.45, 7) is 4.45. The van der Waals surface area contributed by atoms with Gasteiger partial charge >= 0.3 is 0 Å². The maximum absolute atomic E-state index is 8.84. The molecule has 18 heavy (non-hydrogen) atoms. The topological polar surface area (TPSA) is 35.8 Å². The summed E-state index contributed by atoms with van der Waals surface area (Å²) in [5.74, 6) is 0.662. The van der Waals surface area contributed by atoms with Crippen molar-refractivity contribution in [3.8, 4) is 6.07 Å². The number of nitriles is 1. The fourth-order valence-corrected chi connectivity index (χ4v) is 2.89. The second-order valence-corrected chi connectivity index (χ2v) is 5.29. The van der Waals surface area contributed by atoms with E-state index in [2.05, 4.69) is 49.5 Å². The Kier molecular flexibility index (Phi) is 4.38. The van der Waals surface area contributed by atoms with Gasteiger partial charge in [-0.25, -0.2) is 0 Å². The lowest BCUT2D eigenvalue weighted by Gasteiger charge is -2.32. The van der Waals surface area contributed by atoms with Crippen molar-refractivity contribution < 1.29 is 0 Å². The van der Waals surface area contributed by atoms with Gasteiger partial charge in [-0.2, -0.15) is 5.26 Å². The molecule has 0 saturated carbocycles. The molecule has 1 aliphatic rings. The van der Waals surface area contributed by atoms with Crippen LogP contribution in [-0.4, -0.2) is 6.04 Å². The van der Waals surface area contributed by atoms with Gasteiger partial charge < -0.3 is 5.32 Å². The van der Waals surface area contributed by atoms with Gasteiger partial charge in [0.1, 0.15) is 0 Å². The third kappa shape index (κ3) is 2.73. The molecular weight excluding hydrogens is 220 g/mol. The highest BCUT2D eigenvalue weighted by Crippen LogP contribution is 2.37. The number of fused-ring (bicyclic) bond motifs is 1. The van der Waals surface area contributed by atoms with Gasteiger partial charge in [-0.15, -0.1) is 0 Å². The Bertz CT molecular complexity index is 433. The highest BCUT2D eigenvalue weighted by atomic mass is 15.0. The van der Waals surface area contributed by atoms with E-state index in [9.17, 15) is 0 Å². The molecule has 3 unspecified atom stereocenters. The lowest BCUT2D eigenvalue weighted by Crippen LogP contribution is -2.34. The van der Waals surface area contributed by atoms with E-state index in [1.807, 2.05) is 0 Å². The minimum atomic E-state index is 0.321. The van der Waals surface area contributed by atoms with E-state index in [1.54, 1.807) is 0 Å². The molecule has 0 spiro atoms. The van der Waals surface area contributed by atoms with E-state index in [0.29, 0.717) is 24.4 Å². The van der Waals surface area contributed by atoms with Crippen LogP contribution >= 0.6 is 0 Å². The molecule has 1 aliphatic carbocycles. The maximum Gasteiger partial charge on any atom is 0.0638 e. The molecule has 0 fully saturated rings. The third-order valence-electron chi connectivity index (χ3n) is 4.06. The Balaban J connectivity index is 2.16. The lowest BCUT2D eigenvalue weighted by atomic mass is 9.80. The smallest absolute Gasteiger partial charge is 0.0638 e. The third-order valence-corrected chi connectivity index (χ3v) is 4.06. The minimum Gasteiger partial charge on any atom is -0.306 e. The normalized spacial score (nSPS) is 24.1. The van der Waals surface area contributed by atoms with Gasteiger partial charge in [0.2, 0.25) is 0 Å². The Morgan fingerprint density at radius 2 is 2.06 bits per heavy atom. The summed E-state index contributed by atoms with van der Waals surface area (Å²) in [6.07, 6.45) is 4.03. The quantitative estimate of drug-likeness (QED) is 0.869. The molecule has 0 bridgehead atoms. The second kappa shape index (κ2) is 6.02. The summed E-state index contributed by atoms with van der Waals surface area (Å²) in [7, 11) is 0. The largest absolute Gasteiger partial charge is 0.306 e. The van der Waals surface area contributed by atoms with Crippen LogP contribution in [0.2, 0.25) is 0 Å². The van der Waals surface area contributed by atoms with Crippen LogP contribution in [0, 0.1) is 11.3 Å². The van der Waals surface area contributed by atoms with Crippen molar-refractivity contribution in [2.75, 3.05) is 0 Å². The molecule has 0 amide bonds. The molecule has 3 atom stereocenters. The van der Waals surface area contributed by atoms with Gasteiger partial charge in [0, 0.05) is 12.1 Å². The van der Waals surface area contributed by atoms with Crippen LogP contribution in [0.3, 0.4) is 0 Å². The predicted molar refractivity (Wildman–Crippen MR) is 74.3 cm³/mol. The molecule has 1 N–H and O–H groups in total. The molecular formula is C16H22N2. The van der Waals surface area contributed by atoms with Crippen molar-refractivity contribution in [1.82, 2.24) is 5.32 Å². The zero-order chi connectivity index (χ0) is 13.0. The highest BCUT2D eigenvalue weighted by Gasteiger charge is 2.25. The molecule has 96 valence electrons. The molecule has 2 rings (SSSR count). The van der Waals surface area contributed by atoms with Crippen LogP contribution in [0.1, 0.15) is 62.6 Å². The molecule has 1 aromatic rings. The van der Waals surface area contributed by atoms with Gasteiger partial charge in [0.25, 0.3) is 0 Å².